The van der Waals surface area contributed by atoms with E-state index < -0.39 is 90.8 Å². The number of aliphatic hydroxyl groups is 2. The molecule has 0 aliphatic carbocycles. The fourth-order valence-electron chi connectivity index (χ4n) is 7.26. The number of hydrogen-bond donors (Lipinski definition) is 7. The van der Waals surface area contributed by atoms with Crippen LogP contribution in [0.3, 0.4) is 0 Å². The minimum Gasteiger partial charge on any atom is -0.394 e. The minimum absolute atomic E-state index is 0.0337. The Kier molecular flexibility index (Phi) is 10.7. The van der Waals surface area contributed by atoms with Gasteiger partial charge in [-0.05, 0) is 0 Å². The molecule has 320 valence electrons. The molecule has 9 heterocycles. The van der Waals surface area contributed by atoms with Gasteiger partial charge in [0.2, 0.25) is 5.95 Å². The molecule has 0 saturated carbocycles. The zero-order chi connectivity index (χ0) is 41.9. The number of hydrogen-bond acceptors (Lipinski definition) is 23. The summed E-state index contributed by atoms with van der Waals surface area (Å²) < 4.78 is 71.2. The van der Waals surface area contributed by atoms with E-state index in [9.17, 15) is 29.1 Å². The zero-order valence-electron chi connectivity index (χ0n) is 30.9. The number of nitrogen functional groups attached to an aromatic ring is 3. The normalized spacial score (nSPS) is 29.2. The second kappa shape index (κ2) is 15.8. The first kappa shape index (κ1) is 40.5. The van der Waals surface area contributed by atoms with Crippen LogP contribution in [-0.4, -0.2) is 135 Å². The quantitative estimate of drug-likeness (QED) is 0.0676. The van der Waals surface area contributed by atoms with E-state index in [0.29, 0.717) is 27.8 Å². The number of ether oxygens (including phenoxy) is 3. The molecule has 6 aromatic rings. The summed E-state index contributed by atoms with van der Waals surface area (Å²) in [6.07, 6.45) is -1.64. The Morgan fingerprint density at radius 1 is 0.667 bits per heavy atom. The van der Waals surface area contributed by atoms with Crippen molar-refractivity contribution in [2.45, 2.75) is 74.6 Å². The summed E-state index contributed by atoms with van der Waals surface area (Å²) >= 11 is 0. The van der Waals surface area contributed by atoms with Gasteiger partial charge in [0, 0.05) is 19.3 Å². The molecule has 6 aromatic heterocycles. The first-order valence-electron chi connectivity index (χ1n) is 18.1. The smallest absolute Gasteiger partial charge is 0.394 e. The lowest BCUT2D eigenvalue weighted by atomic mass is 10.2. The van der Waals surface area contributed by atoms with Gasteiger partial charge in [-0.1, -0.05) is 0 Å². The summed E-state index contributed by atoms with van der Waals surface area (Å²) in [4.78, 5) is 58.8. The van der Waals surface area contributed by atoms with E-state index in [0.717, 1.165) is 0 Å². The second-order valence-corrected chi connectivity index (χ2v) is 16.7. The van der Waals surface area contributed by atoms with Crippen molar-refractivity contribution < 1.29 is 61.4 Å². The Hall–Kier alpha value is -4.93. The number of phosphoric acid groups is 2. The van der Waals surface area contributed by atoms with Crippen LogP contribution >= 0.6 is 15.6 Å². The standard InChI is InChI=1S/C30H37N15O13P2/c31-25-23-28(37-8-35-25)44(11-40-23)20-1-14(47)18(55-20)6-52-59(48,49)58-16-3-21(43-10-39-13-4-34-30(33)42-27(13)43)56-19(16)7-53-60(50,51)57-15-2-22(54-17(15)5-46)45-12-41-24-26(32)36-9-38-29(24)45/h4,8-12,14-22,46-47H,1-3,5-7H2,(H,48,49)(H,50,51)(H2,31,35,37)(H2,32,36,38)(H2,33,34,42)/t14-,15-,16-,17+,18+,19+,20+,21+,22+/m0/s1. The van der Waals surface area contributed by atoms with Crippen LogP contribution < -0.4 is 17.2 Å². The third-order valence-electron chi connectivity index (χ3n) is 10.1. The Morgan fingerprint density at radius 3 is 1.77 bits per heavy atom. The fraction of sp³-hybridized carbons (Fsp3) is 0.500. The molecule has 2 unspecified atom stereocenters. The summed E-state index contributed by atoms with van der Waals surface area (Å²) in [5.41, 5.74) is 19.5. The molecule has 3 saturated heterocycles. The van der Waals surface area contributed by atoms with E-state index in [1.165, 1.54) is 47.0 Å². The average Bonchev–Trinajstić information content (AvgIpc) is 4.06. The molecule has 0 aromatic carbocycles. The Bertz CT molecular complexity index is 2630. The summed E-state index contributed by atoms with van der Waals surface area (Å²) in [6.45, 7) is -1.87. The maximum atomic E-state index is 13.5. The molecule has 28 nitrogen and oxygen atoms in total. The lowest BCUT2D eigenvalue weighted by molar-refractivity contribution is -0.0599. The van der Waals surface area contributed by atoms with E-state index in [-0.39, 0.29) is 42.5 Å². The van der Waals surface area contributed by atoms with Crippen molar-refractivity contribution in [2.75, 3.05) is 37.0 Å². The second-order valence-electron chi connectivity index (χ2n) is 13.9. The molecule has 0 spiro atoms. The van der Waals surface area contributed by atoms with Crippen molar-refractivity contribution in [3.05, 3.63) is 37.8 Å². The molecule has 0 bridgehead atoms. The first-order valence-corrected chi connectivity index (χ1v) is 21.1. The SMILES string of the molecule is Nc1ncc2ncn([C@H]3C[C@H](OP(=O)(O)OC[C@H]4O[C@@H](n5cnc6c(N)ncnc65)C[C@@H]4O)[C@@H](COP(=O)(O)O[C@H]4C[C@H](n5cnc6c(N)ncnc65)O[C@@H]4CO)O3)c2n1. The molecule has 0 amide bonds. The summed E-state index contributed by atoms with van der Waals surface area (Å²) in [5.74, 6) is 0.230. The topological polar surface area (TPSA) is 389 Å². The number of nitrogens with two attached hydrogens (primary N) is 3. The van der Waals surface area contributed by atoms with Gasteiger partial charge in [-0.2, -0.15) is 4.98 Å². The van der Waals surface area contributed by atoms with Gasteiger partial charge >= 0.3 is 15.6 Å². The third kappa shape index (κ3) is 7.89. The number of aliphatic hydroxyl groups excluding tert-OH is 2. The van der Waals surface area contributed by atoms with Gasteiger partial charge in [0.1, 0.15) is 78.4 Å². The number of aromatic nitrogens is 12. The molecule has 0 radical (unpaired) electrons. The van der Waals surface area contributed by atoms with Crippen LogP contribution in [-0.2, 0) is 41.4 Å². The van der Waals surface area contributed by atoms with E-state index >= 15 is 0 Å². The Balaban J connectivity index is 0.875. The van der Waals surface area contributed by atoms with Gasteiger partial charge in [-0.25, -0.2) is 49.0 Å². The van der Waals surface area contributed by atoms with Gasteiger partial charge in [-0.15, -0.1) is 0 Å². The molecule has 3 aliphatic rings. The van der Waals surface area contributed by atoms with Crippen molar-refractivity contribution in [3.63, 3.8) is 0 Å². The summed E-state index contributed by atoms with van der Waals surface area (Å²) in [5, 5.41) is 20.8. The van der Waals surface area contributed by atoms with Crippen LogP contribution in [0.25, 0.3) is 33.5 Å². The lowest BCUT2D eigenvalue weighted by Crippen LogP contribution is -2.31. The number of rotatable bonds is 14. The molecule has 11 atom stereocenters. The monoisotopic (exact) mass is 877 g/mol. The van der Waals surface area contributed by atoms with E-state index in [4.69, 9.17) is 49.5 Å². The lowest BCUT2D eigenvalue weighted by Gasteiger charge is -2.24. The van der Waals surface area contributed by atoms with Gasteiger partial charge in [0.05, 0.1) is 51.1 Å². The minimum atomic E-state index is -4.98. The van der Waals surface area contributed by atoms with Crippen LogP contribution in [0.1, 0.15) is 37.9 Å². The molecular weight excluding hydrogens is 840 g/mol. The van der Waals surface area contributed by atoms with Crippen LogP contribution in [0.5, 0.6) is 0 Å². The van der Waals surface area contributed by atoms with Crippen LogP contribution in [0.2, 0.25) is 0 Å². The van der Waals surface area contributed by atoms with Crippen molar-refractivity contribution in [1.82, 2.24) is 58.6 Å². The van der Waals surface area contributed by atoms with Crippen molar-refractivity contribution in [3.8, 4) is 0 Å². The predicted octanol–water partition coefficient (Wildman–Crippen LogP) is -0.527. The largest absolute Gasteiger partial charge is 0.472 e. The highest BCUT2D eigenvalue weighted by atomic mass is 31.2. The summed E-state index contributed by atoms with van der Waals surface area (Å²) in [7, 11) is -9.95. The highest BCUT2D eigenvalue weighted by Crippen LogP contribution is 2.52. The zero-order valence-corrected chi connectivity index (χ0v) is 32.6. The van der Waals surface area contributed by atoms with Gasteiger partial charge < -0.3 is 51.4 Å². The molecule has 30 heteroatoms. The van der Waals surface area contributed by atoms with E-state index in [1.54, 1.807) is 4.57 Å². The molecular formula is C30H37N15O13P2. The van der Waals surface area contributed by atoms with E-state index in [1.807, 2.05) is 0 Å². The van der Waals surface area contributed by atoms with E-state index in [2.05, 4.69) is 44.9 Å². The Labute approximate surface area is 335 Å². The van der Waals surface area contributed by atoms with Crippen molar-refractivity contribution in [1.29, 1.82) is 0 Å². The van der Waals surface area contributed by atoms with Gasteiger partial charge in [0.15, 0.2) is 28.6 Å². The average molecular weight is 878 g/mol. The van der Waals surface area contributed by atoms with Crippen LogP contribution in [0, 0.1) is 0 Å². The number of phosphoric ester groups is 2. The molecule has 60 heavy (non-hydrogen) atoms. The number of fused-ring (bicyclic) bond motifs is 3. The predicted molar refractivity (Wildman–Crippen MR) is 199 cm³/mol. The highest BCUT2D eigenvalue weighted by molar-refractivity contribution is 7.47. The third-order valence-corrected chi connectivity index (χ3v) is 12.2. The summed E-state index contributed by atoms with van der Waals surface area (Å²) in [6, 6.07) is 0. The van der Waals surface area contributed by atoms with Crippen molar-refractivity contribution >= 4 is 66.7 Å². The number of anilines is 3. The molecule has 3 aliphatic heterocycles. The fourth-order valence-corrected chi connectivity index (χ4v) is 9.18. The molecule has 3 fully saturated rings. The van der Waals surface area contributed by atoms with Gasteiger partial charge in [0.25, 0.3) is 0 Å². The number of nitrogens with zero attached hydrogens (tertiary/aromatic N) is 12. The van der Waals surface area contributed by atoms with Gasteiger partial charge in [-0.3, -0.25) is 31.8 Å². The highest BCUT2D eigenvalue weighted by Gasteiger charge is 2.46. The van der Waals surface area contributed by atoms with Crippen molar-refractivity contribution in [2.24, 2.45) is 0 Å². The Morgan fingerprint density at radius 2 is 1.17 bits per heavy atom. The maximum Gasteiger partial charge on any atom is 0.472 e. The van der Waals surface area contributed by atoms with Crippen LogP contribution in [0.4, 0.5) is 17.6 Å². The number of imidazole rings is 3. The van der Waals surface area contributed by atoms with Crippen LogP contribution in [0.15, 0.2) is 37.8 Å². The molecule has 9 rings (SSSR count). The maximum absolute atomic E-state index is 13.5. The first-order chi connectivity index (χ1) is 28.8. The molecule has 10 N–H and O–H groups in total.